The fourth-order valence-corrected chi connectivity index (χ4v) is 4.91. The molecule has 3 rings (SSSR count). The molecule has 3 aromatic rings. The maximum absolute atomic E-state index is 12.0. The van der Waals surface area contributed by atoms with E-state index >= 15 is 0 Å². The Hall–Kier alpha value is -1.92. The number of carboxylic acids is 1. The molecule has 144 valence electrons. The first-order valence-electron chi connectivity index (χ1n) is 8.50. The average molecular weight is 450 g/mol. The topological polar surface area (TPSA) is 40.5 Å². The fraction of sp³-hybridized carbons (Fsp3) is 0.143. The molecule has 0 aliphatic heterocycles. The summed E-state index contributed by atoms with van der Waals surface area (Å²) in [6, 6.07) is 16.6. The van der Waals surface area contributed by atoms with Gasteiger partial charge >= 0.3 is 5.97 Å². The Morgan fingerprint density at radius 1 is 1.11 bits per heavy atom. The highest BCUT2D eigenvalue weighted by Gasteiger charge is 2.27. The number of anilines is 1. The summed E-state index contributed by atoms with van der Waals surface area (Å²) in [5, 5.41) is 10.7. The maximum atomic E-state index is 12.0. The van der Waals surface area contributed by atoms with E-state index in [2.05, 4.69) is 0 Å². The second-order valence-corrected chi connectivity index (χ2v) is 8.67. The Balaban J connectivity index is 2.13. The number of carbonyl (C=O) groups is 1. The SMILES string of the molecule is CC(C)N(C(=S)c1ccc(Cl)cc1Cl)c1cc(-c2ccccc2)sc1C(=O)O. The van der Waals surface area contributed by atoms with Crippen molar-refractivity contribution < 1.29 is 9.90 Å². The lowest BCUT2D eigenvalue weighted by atomic mass is 10.1. The summed E-state index contributed by atoms with van der Waals surface area (Å²) in [5.74, 6) is -0.988. The predicted molar refractivity (Wildman–Crippen MR) is 122 cm³/mol. The Kier molecular flexibility index (Phi) is 6.40. The first kappa shape index (κ1) is 20.8. The lowest BCUT2D eigenvalue weighted by Gasteiger charge is -2.29. The van der Waals surface area contributed by atoms with Crippen molar-refractivity contribution in [3.63, 3.8) is 0 Å². The van der Waals surface area contributed by atoms with Gasteiger partial charge in [-0.1, -0.05) is 65.8 Å². The van der Waals surface area contributed by atoms with Crippen molar-refractivity contribution in [1.29, 1.82) is 0 Å². The molecule has 28 heavy (non-hydrogen) atoms. The lowest BCUT2D eigenvalue weighted by Crippen LogP contribution is -2.37. The van der Waals surface area contributed by atoms with Gasteiger partial charge in [0, 0.05) is 21.5 Å². The van der Waals surface area contributed by atoms with E-state index in [1.165, 1.54) is 11.3 Å². The van der Waals surface area contributed by atoms with E-state index in [1.807, 2.05) is 55.1 Å². The first-order valence-corrected chi connectivity index (χ1v) is 10.5. The number of carboxylic acid groups (broad SMARTS) is 1. The van der Waals surface area contributed by atoms with Crippen molar-refractivity contribution in [2.45, 2.75) is 19.9 Å². The molecule has 0 saturated heterocycles. The van der Waals surface area contributed by atoms with Gasteiger partial charge in [-0.2, -0.15) is 0 Å². The van der Waals surface area contributed by atoms with Crippen LogP contribution in [0.3, 0.4) is 0 Å². The van der Waals surface area contributed by atoms with E-state index in [0.29, 0.717) is 26.3 Å². The number of nitrogens with zero attached hydrogens (tertiary/aromatic N) is 1. The molecule has 1 heterocycles. The summed E-state index contributed by atoms with van der Waals surface area (Å²) in [6.45, 7) is 3.92. The van der Waals surface area contributed by atoms with Gasteiger partial charge in [0.1, 0.15) is 9.87 Å². The predicted octanol–water partition coefficient (Wildman–Crippen LogP) is 7.01. The standard InChI is InChI=1S/C21H17Cl2NO2S2/c1-12(2)24(20(27)15-9-8-14(22)10-16(15)23)17-11-18(28-19(17)21(25)26)13-6-4-3-5-7-13/h3-12H,1-2H3,(H,25,26). The van der Waals surface area contributed by atoms with E-state index in [1.54, 1.807) is 18.2 Å². The van der Waals surface area contributed by atoms with Crippen molar-refractivity contribution in [3.8, 4) is 10.4 Å². The van der Waals surface area contributed by atoms with Crippen molar-refractivity contribution in [3.05, 3.63) is 75.1 Å². The van der Waals surface area contributed by atoms with Gasteiger partial charge in [0.2, 0.25) is 0 Å². The van der Waals surface area contributed by atoms with Crippen LogP contribution in [0.2, 0.25) is 10.0 Å². The smallest absolute Gasteiger partial charge is 0.348 e. The molecular formula is C21H17Cl2NO2S2. The van der Waals surface area contributed by atoms with Crippen LogP contribution in [0.5, 0.6) is 0 Å². The molecule has 0 aliphatic rings. The summed E-state index contributed by atoms with van der Waals surface area (Å²) < 4.78 is 0. The summed E-state index contributed by atoms with van der Waals surface area (Å²) in [5.41, 5.74) is 2.15. The second kappa shape index (κ2) is 8.62. The van der Waals surface area contributed by atoms with Gasteiger partial charge in [-0.3, -0.25) is 0 Å². The van der Waals surface area contributed by atoms with Crippen molar-refractivity contribution >= 4 is 63.4 Å². The molecule has 0 amide bonds. The molecule has 0 atom stereocenters. The van der Waals surface area contributed by atoms with Gasteiger partial charge in [-0.25, -0.2) is 4.79 Å². The molecule has 3 nitrogen and oxygen atoms in total. The zero-order valence-corrected chi connectivity index (χ0v) is 18.3. The lowest BCUT2D eigenvalue weighted by molar-refractivity contribution is 0.0703. The van der Waals surface area contributed by atoms with E-state index in [9.17, 15) is 9.90 Å². The van der Waals surface area contributed by atoms with E-state index in [0.717, 1.165) is 10.4 Å². The molecule has 0 fully saturated rings. The Morgan fingerprint density at radius 3 is 2.36 bits per heavy atom. The number of halogens is 2. The Labute approximate surface area is 183 Å². The minimum atomic E-state index is -0.988. The first-order chi connectivity index (χ1) is 13.3. The Morgan fingerprint density at radius 2 is 1.79 bits per heavy atom. The molecule has 0 radical (unpaired) electrons. The van der Waals surface area contributed by atoms with E-state index in [-0.39, 0.29) is 10.9 Å². The van der Waals surface area contributed by atoms with Gasteiger partial charge < -0.3 is 10.0 Å². The molecule has 0 bridgehead atoms. The van der Waals surface area contributed by atoms with Gasteiger partial charge in [0.25, 0.3) is 0 Å². The van der Waals surface area contributed by atoms with Crippen molar-refractivity contribution in [2.75, 3.05) is 4.90 Å². The third-order valence-corrected chi connectivity index (χ3v) is 6.25. The number of aromatic carboxylic acids is 1. The maximum Gasteiger partial charge on any atom is 0.348 e. The third-order valence-electron chi connectivity index (χ3n) is 4.12. The largest absolute Gasteiger partial charge is 0.477 e. The van der Waals surface area contributed by atoms with Gasteiger partial charge in [0.15, 0.2) is 0 Å². The number of hydrogen-bond acceptors (Lipinski definition) is 3. The number of thiocarbonyl (C=S) groups is 1. The molecule has 0 saturated carbocycles. The van der Waals surface area contributed by atoms with Crippen LogP contribution in [-0.2, 0) is 0 Å². The van der Waals surface area contributed by atoms with Crippen LogP contribution in [0.25, 0.3) is 10.4 Å². The van der Waals surface area contributed by atoms with Crippen LogP contribution < -0.4 is 4.90 Å². The van der Waals surface area contributed by atoms with Gasteiger partial charge in [0.05, 0.1) is 10.7 Å². The molecule has 0 spiro atoms. The van der Waals surface area contributed by atoms with E-state index < -0.39 is 5.97 Å². The van der Waals surface area contributed by atoms with Gasteiger partial charge in [-0.15, -0.1) is 11.3 Å². The molecule has 0 aliphatic carbocycles. The average Bonchev–Trinajstić information content (AvgIpc) is 3.07. The summed E-state index contributed by atoms with van der Waals surface area (Å²) in [6.07, 6.45) is 0. The van der Waals surface area contributed by atoms with E-state index in [4.69, 9.17) is 35.4 Å². The molecular weight excluding hydrogens is 433 g/mol. The number of hydrogen-bond donors (Lipinski definition) is 1. The number of thiophene rings is 1. The number of benzene rings is 2. The molecule has 1 N–H and O–H groups in total. The minimum absolute atomic E-state index is 0.0735. The minimum Gasteiger partial charge on any atom is -0.477 e. The quantitative estimate of drug-likeness (QED) is 0.425. The summed E-state index contributed by atoms with van der Waals surface area (Å²) in [4.78, 5) is 15.3. The molecule has 7 heteroatoms. The van der Waals surface area contributed by atoms with Crippen LogP contribution in [0.15, 0.2) is 54.6 Å². The molecule has 2 aromatic carbocycles. The van der Waals surface area contributed by atoms with Crippen LogP contribution >= 0.6 is 46.8 Å². The summed E-state index contributed by atoms with van der Waals surface area (Å²) >= 11 is 19.3. The van der Waals surface area contributed by atoms with Crippen molar-refractivity contribution in [1.82, 2.24) is 0 Å². The second-order valence-electron chi connectivity index (χ2n) is 6.39. The van der Waals surface area contributed by atoms with Crippen LogP contribution in [0.1, 0.15) is 29.1 Å². The highest BCUT2D eigenvalue weighted by molar-refractivity contribution is 7.81. The van der Waals surface area contributed by atoms with Crippen LogP contribution in [0, 0.1) is 0 Å². The third kappa shape index (κ3) is 4.23. The Bertz CT molecular complexity index is 1030. The van der Waals surface area contributed by atoms with Crippen LogP contribution in [0.4, 0.5) is 5.69 Å². The zero-order chi connectivity index (χ0) is 20.4. The molecule has 1 aromatic heterocycles. The normalized spacial score (nSPS) is 10.9. The highest BCUT2D eigenvalue weighted by atomic mass is 35.5. The fourth-order valence-electron chi connectivity index (χ4n) is 2.87. The van der Waals surface area contributed by atoms with Crippen LogP contribution in [-0.4, -0.2) is 22.1 Å². The molecule has 0 unspecified atom stereocenters. The van der Waals surface area contributed by atoms with Crippen molar-refractivity contribution in [2.24, 2.45) is 0 Å². The zero-order valence-electron chi connectivity index (χ0n) is 15.1. The summed E-state index contributed by atoms with van der Waals surface area (Å²) in [7, 11) is 0. The number of rotatable bonds is 5. The monoisotopic (exact) mass is 449 g/mol. The van der Waals surface area contributed by atoms with Gasteiger partial charge in [-0.05, 0) is 43.7 Å². The highest BCUT2D eigenvalue weighted by Crippen LogP contribution is 2.39.